The van der Waals surface area contributed by atoms with Gasteiger partial charge in [0.05, 0.1) is 0 Å². The Morgan fingerprint density at radius 3 is 1.64 bits per heavy atom. The maximum Gasteiger partial charge on any atom is -0.0123 e. The second-order valence-electron chi connectivity index (χ2n) is 9.67. The summed E-state index contributed by atoms with van der Waals surface area (Å²) in [6, 6.07) is 11.7. The van der Waals surface area contributed by atoms with E-state index in [9.17, 15) is 0 Å². The lowest BCUT2D eigenvalue weighted by Crippen LogP contribution is -2.22. The molecule has 0 spiro atoms. The number of hydrogen-bond acceptors (Lipinski definition) is 0. The van der Waals surface area contributed by atoms with Gasteiger partial charge >= 0.3 is 0 Å². The molecule has 2 aromatic rings. The third-order valence-corrected chi connectivity index (χ3v) is 4.44. The number of fused-ring (bicyclic) bond motifs is 1. The van der Waals surface area contributed by atoms with Crippen LogP contribution >= 0.6 is 0 Å². The van der Waals surface area contributed by atoms with Crippen LogP contribution in [-0.2, 0) is 16.2 Å². The highest BCUT2D eigenvalue weighted by molar-refractivity contribution is 5.89. The van der Waals surface area contributed by atoms with Crippen molar-refractivity contribution in [2.24, 2.45) is 0 Å². The third kappa shape index (κ3) is 3.21. The van der Waals surface area contributed by atoms with Crippen LogP contribution in [0.3, 0.4) is 0 Å². The molecule has 22 heavy (non-hydrogen) atoms. The maximum absolute atomic E-state index is 2.37. The molecule has 0 radical (unpaired) electrons. The zero-order valence-corrected chi connectivity index (χ0v) is 15.9. The van der Waals surface area contributed by atoms with Crippen LogP contribution in [0.4, 0.5) is 0 Å². The Morgan fingerprint density at radius 2 is 1.18 bits per heavy atom. The van der Waals surface area contributed by atoms with Gasteiger partial charge in [-0.1, -0.05) is 92.6 Å². The Bertz CT molecular complexity index is 683. The lowest BCUT2D eigenvalue weighted by atomic mass is 9.73. The van der Waals surface area contributed by atoms with Crippen molar-refractivity contribution in [2.75, 3.05) is 0 Å². The fourth-order valence-electron chi connectivity index (χ4n) is 3.23. The van der Waals surface area contributed by atoms with Crippen molar-refractivity contribution in [3.05, 3.63) is 47.0 Å². The van der Waals surface area contributed by atoms with Crippen molar-refractivity contribution in [2.45, 2.75) is 78.6 Å². The SMILES string of the molecule is CC(C)(C)c1ccc2c(C(C)(C)C)c(C(C)(C)C)ccc2c1. The predicted octanol–water partition coefficient (Wildman–Crippen LogP) is 6.73. The van der Waals surface area contributed by atoms with E-state index in [4.69, 9.17) is 0 Å². The van der Waals surface area contributed by atoms with Crippen molar-refractivity contribution < 1.29 is 0 Å². The number of hydrogen-bond donors (Lipinski definition) is 0. The topological polar surface area (TPSA) is 0 Å². The van der Waals surface area contributed by atoms with E-state index in [2.05, 4.69) is 92.6 Å². The van der Waals surface area contributed by atoms with Crippen LogP contribution in [-0.4, -0.2) is 0 Å². The first-order valence-corrected chi connectivity index (χ1v) is 8.40. The summed E-state index contributed by atoms with van der Waals surface area (Å²) in [5, 5.41) is 2.78. The van der Waals surface area contributed by atoms with Gasteiger partial charge in [-0.25, -0.2) is 0 Å². The fraction of sp³-hybridized carbons (Fsp3) is 0.545. The Hall–Kier alpha value is -1.30. The Morgan fingerprint density at radius 1 is 0.591 bits per heavy atom. The Kier molecular flexibility index (Phi) is 3.97. The lowest BCUT2D eigenvalue weighted by Gasteiger charge is -2.32. The lowest BCUT2D eigenvalue weighted by molar-refractivity contribution is 0.534. The first-order chi connectivity index (χ1) is 9.82. The van der Waals surface area contributed by atoms with Crippen LogP contribution in [0.25, 0.3) is 10.8 Å². The number of benzene rings is 2. The average molecular weight is 296 g/mol. The van der Waals surface area contributed by atoms with Gasteiger partial charge in [0.25, 0.3) is 0 Å². The van der Waals surface area contributed by atoms with E-state index >= 15 is 0 Å². The number of rotatable bonds is 0. The summed E-state index contributed by atoms with van der Waals surface area (Å²) in [5.41, 5.74) is 4.88. The minimum absolute atomic E-state index is 0.144. The molecule has 0 fully saturated rings. The summed E-state index contributed by atoms with van der Waals surface area (Å²) in [4.78, 5) is 0. The molecule has 0 aliphatic rings. The highest BCUT2D eigenvalue weighted by Crippen LogP contribution is 2.39. The molecule has 0 aliphatic carbocycles. The molecule has 2 rings (SSSR count). The summed E-state index contributed by atoms with van der Waals surface area (Å²) < 4.78 is 0. The summed E-state index contributed by atoms with van der Waals surface area (Å²) in [5.74, 6) is 0. The van der Waals surface area contributed by atoms with Crippen molar-refractivity contribution in [3.63, 3.8) is 0 Å². The first-order valence-electron chi connectivity index (χ1n) is 8.40. The Labute approximate surface area is 136 Å². The molecule has 0 nitrogen and oxygen atoms in total. The molecule has 2 aromatic carbocycles. The average Bonchev–Trinajstić information content (AvgIpc) is 2.33. The molecule has 0 amide bonds. The van der Waals surface area contributed by atoms with Crippen molar-refractivity contribution in [1.82, 2.24) is 0 Å². The molecule has 0 atom stereocenters. The monoisotopic (exact) mass is 296 g/mol. The first kappa shape index (κ1) is 17.1. The summed E-state index contributed by atoms with van der Waals surface area (Å²) >= 11 is 0. The van der Waals surface area contributed by atoms with Gasteiger partial charge in [0, 0.05) is 0 Å². The van der Waals surface area contributed by atoms with Gasteiger partial charge in [-0.05, 0) is 43.7 Å². The van der Waals surface area contributed by atoms with E-state index in [0.29, 0.717) is 0 Å². The van der Waals surface area contributed by atoms with E-state index in [-0.39, 0.29) is 16.2 Å². The van der Waals surface area contributed by atoms with Gasteiger partial charge < -0.3 is 0 Å². The zero-order valence-electron chi connectivity index (χ0n) is 15.9. The molecule has 0 aliphatic heterocycles. The van der Waals surface area contributed by atoms with Crippen LogP contribution in [0.5, 0.6) is 0 Å². The van der Waals surface area contributed by atoms with E-state index in [1.54, 1.807) is 0 Å². The predicted molar refractivity (Wildman–Crippen MR) is 100 cm³/mol. The second kappa shape index (κ2) is 5.11. The molecule has 120 valence electrons. The third-order valence-electron chi connectivity index (χ3n) is 4.44. The van der Waals surface area contributed by atoms with Crippen LogP contribution < -0.4 is 0 Å². The minimum atomic E-state index is 0.144. The van der Waals surface area contributed by atoms with Crippen LogP contribution in [0.15, 0.2) is 30.3 Å². The molecule has 0 N–H and O–H groups in total. The molecule has 0 heteroatoms. The van der Waals surface area contributed by atoms with Crippen LogP contribution in [0.1, 0.15) is 79.0 Å². The van der Waals surface area contributed by atoms with Crippen molar-refractivity contribution >= 4 is 10.8 Å². The molecular weight excluding hydrogens is 264 g/mol. The largest absolute Gasteiger partial charge is 0.0579 e. The highest BCUT2D eigenvalue weighted by atomic mass is 14.3. The van der Waals surface area contributed by atoms with E-state index in [0.717, 1.165) is 0 Å². The van der Waals surface area contributed by atoms with Crippen molar-refractivity contribution in [3.8, 4) is 0 Å². The van der Waals surface area contributed by atoms with Crippen LogP contribution in [0.2, 0.25) is 0 Å². The van der Waals surface area contributed by atoms with Crippen LogP contribution in [0, 0.1) is 0 Å². The molecule has 0 saturated heterocycles. The van der Waals surface area contributed by atoms with Crippen molar-refractivity contribution in [1.29, 1.82) is 0 Å². The smallest absolute Gasteiger partial charge is 0.0123 e. The van der Waals surface area contributed by atoms with Gasteiger partial charge in [-0.15, -0.1) is 0 Å². The normalized spacial score (nSPS) is 13.7. The molecular formula is C22H32. The minimum Gasteiger partial charge on any atom is -0.0579 e. The molecule has 0 heterocycles. The molecule has 0 bridgehead atoms. The van der Waals surface area contributed by atoms with E-state index in [1.165, 1.54) is 27.5 Å². The molecule has 0 saturated carbocycles. The quantitative estimate of drug-likeness (QED) is 0.505. The fourth-order valence-corrected chi connectivity index (χ4v) is 3.23. The standard InChI is InChI=1S/C22H32/c1-20(2,3)16-11-12-17-15(14-16)10-13-18(21(4,5)6)19(17)22(7,8)9/h10-14H,1-9H3. The van der Waals surface area contributed by atoms with Gasteiger partial charge in [-0.2, -0.15) is 0 Å². The van der Waals surface area contributed by atoms with Gasteiger partial charge in [-0.3, -0.25) is 0 Å². The van der Waals surface area contributed by atoms with Gasteiger partial charge in [0.2, 0.25) is 0 Å². The summed E-state index contributed by atoms with van der Waals surface area (Å²) in [6.07, 6.45) is 0. The molecule has 0 unspecified atom stereocenters. The van der Waals surface area contributed by atoms with Gasteiger partial charge in [0.1, 0.15) is 0 Å². The summed E-state index contributed by atoms with van der Waals surface area (Å²) in [6.45, 7) is 20.8. The highest BCUT2D eigenvalue weighted by Gasteiger charge is 2.27. The second-order valence-corrected chi connectivity index (χ2v) is 9.67. The molecule has 0 aromatic heterocycles. The Balaban J connectivity index is 2.84. The summed E-state index contributed by atoms with van der Waals surface area (Å²) in [7, 11) is 0. The van der Waals surface area contributed by atoms with E-state index < -0.39 is 0 Å². The maximum atomic E-state index is 2.37. The van der Waals surface area contributed by atoms with Gasteiger partial charge in [0.15, 0.2) is 0 Å². The van der Waals surface area contributed by atoms with E-state index in [1.807, 2.05) is 0 Å². The zero-order chi connectivity index (χ0) is 16.9.